The van der Waals surface area contributed by atoms with Gasteiger partial charge in [0.05, 0.1) is 0 Å². The first-order valence-electron chi connectivity index (χ1n) is 7.55. The molecule has 0 spiro atoms. The van der Waals surface area contributed by atoms with E-state index in [0.29, 0.717) is 11.8 Å². The largest absolute Gasteiger partial charge is 0.480 e. The number of aliphatic carboxylic acids is 1. The van der Waals surface area contributed by atoms with Crippen LogP contribution in [0.15, 0.2) is 0 Å². The van der Waals surface area contributed by atoms with E-state index < -0.39 is 23.9 Å². The molecule has 7 nitrogen and oxygen atoms in total. The highest BCUT2D eigenvalue weighted by atomic mass is 16.4. The number of amides is 3. The number of carboxylic acids is 1. The SMILES string of the molecule is NC(=O)CC[C@H](NC(=O)NC1C2C3CCC(C3)C12)C(=O)O. The standard InChI is InChI=1S/C14H21N3O4/c15-9(18)4-3-8(13(19)20)16-14(21)17-12-10-6-1-2-7(5-6)11(10)12/h6-8,10-12H,1-5H2,(H2,15,18)(H,19,20)(H2,16,17,21)/t6?,7?,8-,10?,11?,12?/m0/s1. The zero-order valence-electron chi connectivity index (χ0n) is 11.7. The van der Waals surface area contributed by atoms with Crippen molar-refractivity contribution >= 4 is 17.9 Å². The minimum Gasteiger partial charge on any atom is -0.480 e. The molecule has 3 rings (SSSR count). The number of primary amides is 1. The molecule has 3 saturated carbocycles. The van der Waals surface area contributed by atoms with Crippen molar-refractivity contribution in [1.82, 2.24) is 10.6 Å². The van der Waals surface area contributed by atoms with Gasteiger partial charge in [-0.1, -0.05) is 0 Å². The van der Waals surface area contributed by atoms with Gasteiger partial charge in [0.15, 0.2) is 0 Å². The molecule has 0 aromatic carbocycles. The minimum absolute atomic E-state index is 0.0147. The average molecular weight is 295 g/mol. The third-order valence-corrected chi connectivity index (χ3v) is 5.32. The van der Waals surface area contributed by atoms with Crippen molar-refractivity contribution in [2.24, 2.45) is 29.4 Å². The molecule has 0 heterocycles. The summed E-state index contributed by atoms with van der Waals surface area (Å²) in [6.45, 7) is 0. The maximum Gasteiger partial charge on any atom is 0.326 e. The minimum atomic E-state index is -1.15. The normalized spacial score (nSPS) is 36.7. The van der Waals surface area contributed by atoms with Gasteiger partial charge in [-0.25, -0.2) is 9.59 Å². The summed E-state index contributed by atoms with van der Waals surface area (Å²) in [4.78, 5) is 33.7. The van der Waals surface area contributed by atoms with Crippen LogP contribution in [0.25, 0.3) is 0 Å². The third-order valence-electron chi connectivity index (χ3n) is 5.32. The smallest absolute Gasteiger partial charge is 0.326 e. The van der Waals surface area contributed by atoms with Gasteiger partial charge in [-0.3, -0.25) is 4.79 Å². The lowest BCUT2D eigenvalue weighted by atomic mass is 10.0. The van der Waals surface area contributed by atoms with Gasteiger partial charge in [0.1, 0.15) is 6.04 Å². The monoisotopic (exact) mass is 295 g/mol. The van der Waals surface area contributed by atoms with E-state index in [-0.39, 0.29) is 18.9 Å². The molecular formula is C14H21N3O4. The molecule has 21 heavy (non-hydrogen) atoms. The van der Waals surface area contributed by atoms with Crippen molar-refractivity contribution in [3.05, 3.63) is 0 Å². The van der Waals surface area contributed by atoms with E-state index in [1.807, 2.05) is 0 Å². The zero-order valence-corrected chi connectivity index (χ0v) is 11.7. The quantitative estimate of drug-likeness (QED) is 0.553. The number of carboxylic acid groups (broad SMARTS) is 1. The molecule has 0 aromatic heterocycles. The molecule has 0 aliphatic heterocycles. The van der Waals surface area contributed by atoms with Crippen molar-refractivity contribution in [3.63, 3.8) is 0 Å². The van der Waals surface area contributed by atoms with E-state index in [1.54, 1.807) is 0 Å². The second kappa shape index (κ2) is 5.20. The maximum atomic E-state index is 11.9. The van der Waals surface area contributed by atoms with Crippen LogP contribution < -0.4 is 16.4 Å². The second-order valence-electron chi connectivity index (χ2n) is 6.53. The van der Waals surface area contributed by atoms with Gasteiger partial charge in [-0.15, -0.1) is 0 Å². The molecular weight excluding hydrogens is 274 g/mol. The van der Waals surface area contributed by atoms with Crippen molar-refractivity contribution in [1.29, 1.82) is 0 Å². The van der Waals surface area contributed by atoms with Crippen molar-refractivity contribution in [3.8, 4) is 0 Å². The summed E-state index contributed by atoms with van der Waals surface area (Å²) in [6.07, 6.45) is 3.78. The van der Waals surface area contributed by atoms with Crippen LogP contribution in [0, 0.1) is 23.7 Å². The van der Waals surface area contributed by atoms with E-state index in [4.69, 9.17) is 10.8 Å². The lowest BCUT2D eigenvalue weighted by Gasteiger charge is -2.16. The number of urea groups is 1. The predicted molar refractivity (Wildman–Crippen MR) is 73.1 cm³/mol. The molecule has 0 saturated heterocycles. The highest BCUT2D eigenvalue weighted by Gasteiger charge is 2.65. The van der Waals surface area contributed by atoms with Gasteiger partial charge >= 0.3 is 12.0 Å². The summed E-state index contributed by atoms with van der Waals surface area (Å²) >= 11 is 0. The summed E-state index contributed by atoms with van der Waals surface area (Å²) < 4.78 is 0. The zero-order chi connectivity index (χ0) is 15.1. The molecule has 5 atom stereocenters. The fourth-order valence-corrected chi connectivity index (χ4v) is 4.41. The Labute approximate surface area is 122 Å². The van der Waals surface area contributed by atoms with E-state index in [9.17, 15) is 14.4 Å². The van der Waals surface area contributed by atoms with Crippen molar-refractivity contribution in [2.75, 3.05) is 0 Å². The number of carbonyl (C=O) groups excluding carboxylic acids is 2. The van der Waals surface area contributed by atoms with Crippen LogP contribution in [0.5, 0.6) is 0 Å². The number of fused-ring (bicyclic) bond motifs is 5. The summed E-state index contributed by atoms with van der Waals surface area (Å²) in [5.74, 6) is 0.969. The third kappa shape index (κ3) is 2.69. The Morgan fingerprint density at radius 2 is 1.81 bits per heavy atom. The average Bonchev–Trinajstić information content (AvgIpc) is 2.82. The Bertz CT molecular complexity index is 465. The van der Waals surface area contributed by atoms with E-state index in [1.165, 1.54) is 19.3 Å². The van der Waals surface area contributed by atoms with Crippen molar-refractivity contribution in [2.45, 2.75) is 44.2 Å². The fraction of sp³-hybridized carbons (Fsp3) is 0.786. The Kier molecular flexibility index (Phi) is 3.51. The predicted octanol–water partition coefficient (Wildman–Crippen LogP) is 0.0488. The van der Waals surface area contributed by atoms with Gasteiger partial charge < -0.3 is 21.5 Å². The summed E-state index contributed by atoms with van der Waals surface area (Å²) in [7, 11) is 0. The molecule has 3 fully saturated rings. The van der Waals surface area contributed by atoms with Crippen LogP contribution in [0.1, 0.15) is 32.1 Å². The fourth-order valence-electron chi connectivity index (χ4n) is 4.41. The highest BCUT2D eigenvalue weighted by Crippen LogP contribution is 2.65. The van der Waals surface area contributed by atoms with Gasteiger partial charge in [-0.2, -0.15) is 0 Å². The number of hydrogen-bond donors (Lipinski definition) is 4. The number of hydrogen-bond acceptors (Lipinski definition) is 3. The van der Waals surface area contributed by atoms with Crippen LogP contribution in [0.4, 0.5) is 4.79 Å². The lowest BCUT2D eigenvalue weighted by molar-refractivity contribution is -0.139. The topological polar surface area (TPSA) is 122 Å². The molecule has 0 radical (unpaired) electrons. The van der Waals surface area contributed by atoms with Crippen LogP contribution in [0.3, 0.4) is 0 Å². The van der Waals surface area contributed by atoms with Crippen molar-refractivity contribution < 1.29 is 19.5 Å². The second-order valence-corrected chi connectivity index (χ2v) is 6.53. The van der Waals surface area contributed by atoms with Gasteiger partial charge in [0, 0.05) is 12.5 Å². The molecule has 4 unspecified atom stereocenters. The molecule has 2 bridgehead atoms. The van der Waals surface area contributed by atoms with E-state index in [0.717, 1.165) is 11.8 Å². The Hall–Kier alpha value is -1.79. The molecule has 3 amide bonds. The highest BCUT2D eigenvalue weighted by molar-refractivity contribution is 5.83. The van der Waals surface area contributed by atoms with E-state index >= 15 is 0 Å². The molecule has 7 heteroatoms. The van der Waals surface area contributed by atoms with Crippen LogP contribution in [-0.2, 0) is 9.59 Å². The summed E-state index contributed by atoms with van der Waals surface area (Å²) in [6, 6.07) is -1.32. The molecule has 3 aliphatic rings. The van der Waals surface area contributed by atoms with Gasteiger partial charge in [-0.05, 0) is 49.4 Å². The first kappa shape index (κ1) is 14.2. The summed E-state index contributed by atoms with van der Waals surface area (Å²) in [5, 5.41) is 14.4. The number of nitrogens with two attached hydrogens (primary N) is 1. The number of carbonyl (C=O) groups is 3. The number of rotatable bonds is 6. The molecule has 5 N–H and O–H groups in total. The summed E-state index contributed by atoms with van der Waals surface area (Å²) in [5.41, 5.74) is 5.00. The first-order valence-corrected chi connectivity index (χ1v) is 7.55. The van der Waals surface area contributed by atoms with Crippen LogP contribution >= 0.6 is 0 Å². The van der Waals surface area contributed by atoms with E-state index in [2.05, 4.69) is 10.6 Å². The molecule has 116 valence electrons. The Morgan fingerprint density at radius 3 is 2.33 bits per heavy atom. The van der Waals surface area contributed by atoms with Gasteiger partial charge in [0.25, 0.3) is 0 Å². The molecule has 3 aliphatic carbocycles. The van der Waals surface area contributed by atoms with Crippen LogP contribution in [0.2, 0.25) is 0 Å². The maximum absolute atomic E-state index is 11.9. The lowest BCUT2D eigenvalue weighted by Crippen LogP contribution is -2.47. The molecule has 0 aromatic rings. The Balaban J connectivity index is 1.47. The van der Waals surface area contributed by atoms with Crippen LogP contribution in [-0.4, -0.2) is 35.1 Å². The first-order chi connectivity index (χ1) is 9.97. The Morgan fingerprint density at radius 1 is 1.19 bits per heavy atom. The number of nitrogens with one attached hydrogen (secondary N) is 2. The van der Waals surface area contributed by atoms with Gasteiger partial charge in [0.2, 0.25) is 5.91 Å².